The van der Waals surface area contributed by atoms with Gasteiger partial charge in [-0.3, -0.25) is 4.99 Å². The molecule has 0 radical (unpaired) electrons. The summed E-state index contributed by atoms with van der Waals surface area (Å²) in [4.78, 5) is 4.26. The second-order valence-corrected chi connectivity index (χ2v) is 6.22. The third kappa shape index (κ3) is 9.15. The summed E-state index contributed by atoms with van der Waals surface area (Å²) in [5, 5.41) is 6.75. The van der Waals surface area contributed by atoms with Gasteiger partial charge in [0.2, 0.25) is 0 Å². The molecule has 0 aliphatic heterocycles. The van der Waals surface area contributed by atoms with Gasteiger partial charge in [-0.15, -0.1) is 24.0 Å². The van der Waals surface area contributed by atoms with Gasteiger partial charge in [0.05, 0.1) is 13.2 Å². The van der Waals surface area contributed by atoms with Crippen molar-refractivity contribution in [3.63, 3.8) is 0 Å². The summed E-state index contributed by atoms with van der Waals surface area (Å²) in [6.07, 6.45) is 4.07. The van der Waals surface area contributed by atoms with E-state index >= 15 is 0 Å². The summed E-state index contributed by atoms with van der Waals surface area (Å²) in [7, 11) is 1.82. The van der Waals surface area contributed by atoms with Crippen LogP contribution in [-0.2, 0) is 11.3 Å². The molecular weight excluding hydrogens is 401 g/mol. The van der Waals surface area contributed by atoms with Crippen molar-refractivity contribution in [1.82, 2.24) is 10.6 Å². The first-order valence-corrected chi connectivity index (χ1v) is 8.34. The summed E-state index contributed by atoms with van der Waals surface area (Å²) < 4.78 is 5.77. The number of nitrogens with zero attached hydrogens (tertiary/aromatic N) is 1. The van der Waals surface area contributed by atoms with Crippen LogP contribution in [-0.4, -0.2) is 32.7 Å². The average Bonchev–Trinajstić information content (AvgIpc) is 3.36. The number of aliphatic imine (C=N–C) groups is 1. The van der Waals surface area contributed by atoms with Gasteiger partial charge < -0.3 is 15.4 Å². The normalized spacial score (nSPS) is 15.7. The van der Waals surface area contributed by atoms with Gasteiger partial charge in [0.1, 0.15) is 0 Å². The Morgan fingerprint density at radius 3 is 2.65 bits per heavy atom. The molecule has 2 rings (SSSR count). The highest BCUT2D eigenvalue weighted by Gasteiger charge is 2.20. The van der Waals surface area contributed by atoms with Gasteiger partial charge in [0.15, 0.2) is 5.96 Å². The molecule has 0 heterocycles. The van der Waals surface area contributed by atoms with Gasteiger partial charge in [0, 0.05) is 20.1 Å². The fourth-order valence-electron chi connectivity index (χ4n) is 2.30. The number of benzene rings is 1. The average molecular weight is 431 g/mol. The summed E-state index contributed by atoms with van der Waals surface area (Å²) in [6.45, 7) is 5.51. The molecule has 1 aliphatic rings. The Balaban J connectivity index is 0.00000264. The van der Waals surface area contributed by atoms with E-state index in [1.54, 1.807) is 0 Å². The molecular formula is C18H30IN3O. The quantitative estimate of drug-likeness (QED) is 0.358. The fraction of sp³-hybridized carbons (Fsp3) is 0.611. The third-order valence-electron chi connectivity index (χ3n) is 3.90. The lowest BCUT2D eigenvalue weighted by Crippen LogP contribution is -2.40. The number of ether oxygens (including phenoxy) is 1. The van der Waals surface area contributed by atoms with E-state index in [9.17, 15) is 0 Å². The van der Waals surface area contributed by atoms with Crippen molar-refractivity contribution in [2.24, 2.45) is 16.8 Å². The van der Waals surface area contributed by atoms with Crippen molar-refractivity contribution in [3.8, 4) is 0 Å². The second-order valence-electron chi connectivity index (χ2n) is 6.22. The van der Waals surface area contributed by atoms with Crippen LogP contribution in [0.3, 0.4) is 0 Å². The fourth-order valence-corrected chi connectivity index (χ4v) is 2.30. The summed E-state index contributed by atoms with van der Waals surface area (Å²) in [5.74, 6) is 2.30. The van der Waals surface area contributed by atoms with Crippen molar-refractivity contribution < 1.29 is 4.74 Å². The van der Waals surface area contributed by atoms with Crippen LogP contribution in [0.15, 0.2) is 35.3 Å². The molecule has 1 aliphatic carbocycles. The SMILES string of the molecule is CN=C(NCCC1CC1)NCC(C)COCc1ccccc1.I. The van der Waals surface area contributed by atoms with Gasteiger partial charge in [-0.1, -0.05) is 50.1 Å². The highest BCUT2D eigenvalue weighted by Crippen LogP contribution is 2.31. The molecule has 0 saturated heterocycles. The van der Waals surface area contributed by atoms with E-state index in [0.717, 1.165) is 31.6 Å². The zero-order valence-electron chi connectivity index (χ0n) is 14.3. The molecule has 2 N–H and O–H groups in total. The number of halogens is 1. The molecule has 1 unspecified atom stereocenters. The van der Waals surface area contributed by atoms with Gasteiger partial charge >= 0.3 is 0 Å². The Kier molecular flexibility index (Phi) is 10.3. The minimum Gasteiger partial charge on any atom is -0.376 e. The first-order chi connectivity index (χ1) is 10.8. The smallest absolute Gasteiger partial charge is 0.190 e. The standard InChI is InChI=1S/C18H29N3O.HI/c1-15(13-22-14-17-6-4-3-5-7-17)12-21-18(19-2)20-11-10-16-8-9-16;/h3-7,15-16H,8-14H2,1-2H3,(H2,19,20,21);1H. The number of hydrogen-bond donors (Lipinski definition) is 2. The minimum atomic E-state index is 0. The van der Waals surface area contributed by atoms with E-state index in [2.05, 4.69) is 34.7 Å². The van der Waals surface area contributed by atoms with Crippen molar-refractivity contribution in [2.45, 2.75) is 32.8 Å². The monoisotopic (exact) mass is 431 g/mol. The van der Waals surface area contributed by atoms with Crippen LogP contribution in [0.4, 0.5) is 0 Å². The predicted octanol–water partition coefficient (Wildman–Crippen LogP) is 3.42. The minimum absolute atomic E-state index is 0. The number of hydrogen-bond acceptors (Lipinski definition) is 2. The molecule has 1 aromatic carbocycles. The van der Waals surface area contributed by atoms with Crippen LogP contribution in [0.5, 0.6) is 0 Å². The van der Waals surface area contributed by atoms with Crippen LogP contribution >= 0.6 is 24.0 Å². The van der Waals surface area contributed by atoms with E-state index < -0.39 is 0 Å². The summed E-state index contributed by atoms with van der Waals surface area (Å²) in [5.41, 5.74) is 1.22. The number of rotatable bonds is 9. The van der Waals surface area contributed by atoms with Crippen molar-refractivity contribution >= 4 is 29.9 Å². The molecule has 0 spiro atoms. The first-order valence-electron chi connectivity index (χ1n) is 8.34. The van der Waals surface area contributed by atoms with E-state index in [1.807, 2.05) is 25.2 Å². The Bertz CT molecular complexity index is 449. The molecule has 23 heavy (non-hydrogen) atoms. The molecule has 0 amide bonds. The summed E-state index contributed by atoms with van der Waals surface area (Å²) >= 11 is 0. The van der Waals surface area contributed by atoms with Crippen LogP contribution in [0.25, 0.3) is 0 Å². The van der Waals surface area contributed by atoms with Gasteiger partial charge in [-0.05, 0) is 23.8 Å². The maximum absolute atomic E-state index is 5.77. The number of nitrogens with one attached hydrogen (secondary N) is 2. The topological polar surface area (TPSA) is 45.7 Å². The Morgan fingerprint density at radius 2 is 2.00 bits per heavy atom. The Labute approximate surface area is 157 Å². The highest BCUT2D eigenvalue weighted by atomic mass is 127. The summed E-state index contributed by atoms with van der Waals surface area (Å²) in [6, 6.07) is 10.3. The van der Waals surface area contributed by atoms with E-state index in [4.69, 9.17) is 4.74 Å². The van der Waals surface area contributed by atoms with E-state index in [0.29, 0.717) is 12.5 Å². The van der Waals surface area contributed by atoms with Crippen molar-refractivity contribution in [3.05, 3.63) is 35.9 Å². The van der Waals surface area contributed by atoms with Crippen LogP contribution < -0.4 is 10.6 Å². The van der Waals surface area contributed by atoms with Crippen molar-refractivity contribution in [2.75, 3.05) is 26.7 Å². The predicted molar refractivity (Wildman–Crippen MR) is 107 cm³/mol. The lowest BCUT2D eigenvalue weighted by atomic mass is 10.2. The first kappa shape index (κ1) is 20.2. The highest BCUT2D eigenvalue weighted by molar-refractivity contribution is 14.0. The van der Waals surface area contributed by atoms with Gasteiger partial charge in [-0.2, -0.15) is 0 Å². The van der Waals surface area contributed by atoms with E-state index in [-0.39, 0.29) is 24.0 Å². The molecule has 1 aromatic rings. The zero-order valence-corrected chi connectivity index (χ0v) is 16.6. The molecule has 1 atom stereocenters. The molecule has 4 nitrogen and oxygen atoms in total. The third-order valence-corrected chi connectivity index (χ3v) is 3.90. The second kappa shape index (κ2) is 11.7. The molecule has 0 bridgehead atoms. The van der Waals surface area contributed by atoms with Crippen LogP contribution in [0.1, 0.15) is 31.7 Å². The maximum Gasteiger partial charge on any atom is 0.190 e. The lowest BCUT2D eigenvalue weighted by Gasteiger charge is -2.16. The molecule has 5 heteroatoms. The number of guanidine groups is 1. The lowest BCUT2D eigenvalue weighted by molar-refractivity contribution is 0.0931. The van der Waals surface area contributed by atoms with Crippen molar-refractivity contribution in [1.29, 1.82) is 0 Å². The Hall–Kier alpha value is -0.820. The maximum atomic E-state index is 5.77. The van der Waals surface area contributed by atoms with Crippen LogP contribution in [0, 0.1) is 11.8 Å². The largest absolute Gasteiger partial charge is 0.376 e. The molecule has 130 valence electrons. The zero-order chi connectivity index (χ0) is 15.6. The molecule has 0 aromatic heterocycles. The van der Waals surface area contributed by atoms with Crippen LogP contribution in [0.2, 0.25) is 0 Å². The van der Waals surface area contributed by atoms with Gasteiger partial charge in [0.25, 0.3) is 0 Å². The van der Waals surface area contributed by atoms with E-state index in [1.165, 1.54) is 24.8 Å². The molecule has 1 saturated carbocycles. The Morgan fingerprint density at radius 1 is 1.26 bits per heavy atom. The molecule has 1 fully saturated rings. The van der Waals surface area contributed by atoms with Gasteiger partial charge in [-0.25, -0.2) is 0 Å².